The Morgan fingerprint density at radius 3 is 2.57 bits per heavy atom. The van der Waals surface area contributed by atoms with Crippen molar-refractivity contribution < 1.29 is 27.5 Å². The number of carboxylic acid groups (broad SMARTS) is 1. The minimum Gasteiger partial charge on any atom is -0.478 e. The van der Waals surface area contributed by atoms with Gasteiger partial charge in [0, 0.05) is 11.9 Å². The summed E-state index contributed by atoms with van der Waals surface area (Å²) < 4.78 is 51.0. The highest BCUT2D eigenvalue weighted by Gasteiger charge is 2.34. The zero-order chi connectivity index (χ0) is 15.6. The first-order valence-electron chi connectivity index (χ1n) is 5.60. The molecule has 2 N–H and O–H groups in total. The van der Waals surface area contributed by atoms with Crippen LogP contribution >= 0.6 is 0 Å². The van der Waals surface area contributed by atoms with Gasteiger partial charge in [0.05, 0.1) is 23.0 Å². The number of benzene rings is 1. The minimum atomic E-state index is -4.84. The number of pyridine rings is 1. The summed E-state index contributed by atoms with van der Waals surface area (Å²) in [5.74, 6) is -2.67. The highest BCUT2D eigenvalue weighted by Crippen LogP contribution is 2.33. The molecule has 2 aromatic rings. The largest absolute Gasteiger partial charge is 0.478 e. The molecule has 1 aromatic heterocycles. The molecule has 1 heterocycles. The quantitative estimate of drug-likeness (QED) is 0.849. The van der Waals surface area contributed by atoms with E-state index in [1.807, 2.05) is 0 Å². The molecule has 4 nitrogen and oxygen atoms in total. The lowest BCUT2D eigenvalue weighted by atomic mass is 10.1. The summed E-state index contributed by atoms with van der Waals surface area (Å²) in [5, 5.41) is 11.4. The van der Waals surface area contributed by atoms with Crippen molar-refractivity contribution in [1.82, 2.24) is 4.98 Å². The summed E-state index contributed by atoms with van der Waals surface area (Å²) in [6.45, 7) is 0. The van der Waals surface area contributed by atoms with E-state index in [9.17, 15) is 22.4 Å². The average molecular weight is 300 g/mol. The van der Waals surface area contributed by atoms with E-state index in [2.05, 4.69) is 10.3 Å². The molecule has 2 rings (SSSR count). The van der Waals surface area contributed by atoms with Crippen molar-refractivity contribution in [3.05, 3.63) is 53.6 Å². The fourth-order valence-corrected chi connectivity index (χ4v) is 1.66. The molecule has 0 aliphatic carbocycles. The van der Waals surface area contributed by atoms with Crippen molar-refractivity contribution in [2.75, 3.05) is 5.32 Å². The third-order valence-electron chi connectivity index (χ3n) is 2.60. The number of alkyl halides is 3. The molecule has 110 valence electrons. The molecule has 0 spiro atoms. The van der Waals surface area contributed by atoms with E-state index in [-0.39, 0.29) is 16.9 Å². The number of carbonyl (C=O) groups is 1. The molecule has 0 amide bonds. The Morgan fingerprint density at radius 1 is 1.24 bits per heavy atom. The summed E-state index contributed by atoms with van der Waals surface area (Å²) in [6, 6.07) is 3.48. The molecule has 0 fully saturated rings. The van der Waals surface area contributed by atoms with Gasteiger partial charge >= 0.3 is 12.1 Å². The van der Waals surface area contributed by atoms with E-state index in [0.29, 0.717) is 12.1 Å². The average Bonchev–Trinajstić information content (AvgIpc) is 2.40. The first kappa shape index (κ1) is 14.8. The van der Waals surface area contributed by atoms with Crippen LogP contribution in [0.1, 0.15) is 15.9 Å². The minimum absolute atomic E-state index is 0.00438. The van der Waals surface area contributed by atoms with Crippen molar-refractivity contribution in [1.29, 1.82) is 0 Å². The molecular weight excluding hydrogens is 292 g/mol. The fourth-order valence-electron chi connectivity index (χ4n) is 1.66. The number of nitrogens with zero attached hydrogens (tertiary/aromatic N) is 1. The van der Waals surface area contributed by atoms with Gasteiger partial charge in [0.1, 0.15) is 5.82 Å². The number of nitrogens with one attached hydrogen (secondary N) is 1. The van der Waals surface area contributed by atoms with Gasteiger partial charge in [-0.3, -0.25) is 4.98 Å². The van der Waals surface area contributed by atoms with Crippen molar-refractivity contribution in [3.63, 3.8) is 0 Å². The van der Waals surface area contributed by atoms with E-state index in [1.165, 1.54) is 12.3 Å². The normalized spacial score (nSPS) is 11.2. The van der Waals surface area contributed by atoms with Crippen LogP contribution in [0.2, 0.25) is 0 Å². The van der Waals surface area contributed by atoms with Crippen LogP contribution in [-0.2, 0) is 6.18 Å². The molecule has 0 saturated carbocycles. The maximum atomic E-state index is 13.2. The Kier molecular flexibility index (Phi) is 3.79. The van der Waals surface area contributed by atoms with Crippen LogP contribution in [0.15, 0.2) is 36.7 Å². The number of carboxylic acids is 1. The Morgan fingerprint density at radius 2 is 1.95 bits per heavy atom. The molecule has 0 saturated heterocycles. The Bertz CT molecular complexity index is 686. The zero-order valence-corrected chi connectivity index (χ0v) is 10.3. The monoisotopic (exact) mass is 300 g/mol. The van der Waals surface area contributed by atoms with Crippen LogP contribution in [0.5, 0.6) is 0 Å². The van der Waals surface area contributed by atoms with Crippen molar-refractivity contribution in [3.8, 4) is 0 Å². The van der Waals surface area contributed by atoms with Gasteiger partial charge in [-0.2, -0.15) is 13.2 Å². The summed E-state index contributed by atoms with van der Waals surface area (Å²) in [4.78, 5) is 14.7. The number of halogens is 4. The number of aromatic nitrogens is 1. The topological polar surface area (TPSA) is 62.2 Å². The van der Waals surface area contributed by atoms with Gasteiger partial charge in [-0.25, -0.2) is 9.18 Å². The number of hydrogen-bond donors (Lipinski definition) is 2. The highest BCUT2D eigenvalue weighted by atomic mass is 19.4. The van der Waals surface area contributed by atoms with Crippen LogP contribution in [-0.4, -0.2) is 16.1 Å². The lowest BCUT2D eigenvalue weighted by Crippen LogP contribution is -2.09. The summed E-state index contributed by atoms with van der Waals surface area (Å²) in [5.41, 5.74) is -1.69. The number of rotatable bonds is 3. The van der Waals surface area contributed by atoms with E-state index < -0.39 is 23.5 Å². The molecule has 1 aromatic carbocycles. The predicted octanol–water partition coefficient (Wildman–Crippen LogP) is 3.68. The third-order valence-corrected chi connectivity index (χ3v) is 2.60. The second-order valence-corrected chi connectivity index (χ2v) is 4.04. The van der Waals surface area contributed by atoms with Gasteiger partial charge in [-0.15, -0.1) is 0 Å². The molecule has 0 aliphatic rings. The number of anilines is 2. The van der Waals surface area contributed by atoms with Crippen LogP contribution in [0.3, 0.4) is 0 Å². The summed E-state index contributed by atoms with van der Waals surface area (Å²) in [6.07, 6.45) is -2.45. The van der Waals surface area contributed by atoms with E-state index in [1.54, 1.807) is 0 Å². The first-order valence-corrected chi connectivity index (χ1v) is 5.60. The highest BCUT2D eigenvalue weighted by molar-refractivity contribution is 5.94. The second kappa shape index (κ2) is 5.39. The van der Waals surface area contributed by atoms with Crippen LogP contribution in [0, 0.1) is 5.82 Å². The molecule has 8 heteroatoms. The Hall–Kier alpha value is -2.64. The van der Waals surface area contributed by atoms with Gasteiger partial charge in [0.15, 0.2) is 0 Å². The smallest absolute Gasteiger partial charge is 0.419 e. The van der Waals surface area contributed by atoms with E-state index in [4.69, 9.17) is 5.11 Å². The van der Waals surface area contributed by atoms with Crippen molar-refractivity contribution in [2.24, 2.45) is 0 Å². The number of hydrogen-bond acceptors (Lipinski definition) is 3. The van der Waals surface area contributed by atoms with Crippen LogP contribution in [0.4, 0.5) is 28.9 Å². The van der Waals surface area contributed by atoms with Gasteiger partial charge < -0.3 is 10.4 Å². The zero-order valence-electron chi connectivity index (χ0n) is 10.3. The standard InChI is InChI=1S/C13H8F4N2O2/c14-10-2-1-7(5-9(10)13(15,16)17)19-11-6-18-4-3-8(11)12(20)21/h1-6,19H,(H,20,21). The van der Waals surface area contributed by atoms with Gasteiger partial charge in [0.25, 0.3) is 0 Å². The Balaban J connectivity index is 2.40. The van der Waals surface area contributed by atoms with Crippen LogP contribution in [0.25, 0.3) is 0 Å². The predicted molar refractivity (Wildman–Crippen MR) is 65.9 cm³/mol. The molecular formula is C13H8F4N2O2. The summed E-state index contributed by atoms with van der Waals surface area (Å²) in [7, 11) is 0. The van der Waals surface area contributed by atoms with Crippen LogP contribution < -0.4 is 5.32 Å². The van der Waals surface area contributed by atoms with Crippen molar-refractivity contribution >= 4 is 17.3 Å². The molecule has 0 unspecified atom stereocenters. The van der Waals surface area contributed by atoms with Gasteiger partial charge in [0.2, 0.25) is 0 Å². The summed E-state index contributed by atoms with van der Waals surface area (Å²) >= 11 is 0. The molecule has 0 radical (unpaired) electrons. The third kappa shape index (κ3) is 3.28. The first-order chi connectivity index (χ1) is 9.79. The number of aromatic carboxylic acids is 1. The van der Waals surface area contributed by atoms with Gasteiger partial charge in [-0.1, -0.05) is 0 Å². The molecule has 0 atom stereocenters. The lowest BCUT2D eigenvalue weighted by Gasteiger charge is -2.12. The van der Waals surface area contributed by atoms with E-state index in [0.717, 1.165) is 12.3 Å². The SMILES string of the molecule is O=C(O)c1ccncc1Nc1ccc(F)c(C(F)(F)F)c1. The van der Waals surface area contributed by atoms with Crippen molar-refractivity contribution in [2.45, 2.75) is 6.18 Å². The van der Waals surface area contributed by atoms with E-state index >= 15 is 0 Å². The molecule has 0 aliphatic heterocycles. The molecule has 0 bridgehead atoms. The van der Waals surface area contributed by atoms with Gasteiger partial charge in [-0.05, 0) is 24.3 Å². The lowest BCUT2D eigenvalue weighted by molar-refractivity contribution is -0.139. The maximum absolute atomic E-state index is 13.2. The molecule has 21 heavy (non-hydrogen) atoms. The fraction of sp³-hybridized carbons (Fsp3) is 0.0769. The maximum Gasteiger partial charge on any atom is 0.419 e. The second-order valence-electron chi connectivity index (χ2n) is 4.04. The Labute approximate surface area is 116 Å².